The molecule has 1 aromatic heterocycles. The van der Waals surface area contributed by atoms with Crippen LogP contribution in [0.2, 0.25) is 0 Å². The minimum Gasteiger partial charge on any atom is -0.379 e. The largest absolute Gasteiger partial charge is 0.379 e. The zero-order valence-electron chi connectivity index (χ0n) is 15.1. The predicted molar refractivity (Wildman–Crippen MR) is 104 cm³/mol. The number of H-pyrrole nitrogens is 1. The fraction of sp³-hybridized carbons (Fsp3) is 0.316. The molecule has 0 spiro atoms. The van der Waals surface area contributed by atoms with Crippen LogP contribution < -0.4 is 4.72 Å². The molecule has 1 aliphatic rings. The van der Waals surface area contributed by atoms with Gasteiger partial charge < -0.3 is 9.72 Å². The molecule has 0 aliphatic carbocycles. The highest BCUT2D eigenvalue weighted by Crippen LogP contribution is 2.21. The molecular weight excluding hydrogens is 364 g/mol. The Bertz CT molecular complexity index is 1040. The lowest BCUT2D eigenvalue weighted by molar-refractivity contribution is 0.0332. The van der Waals surface area contributed by atoms with E-state index in [0.717, 1.165) is 55.3 Å². The average molecular weight is 386 g/mol. The van der Waals surface area contributed by atoms with E-state index in [9.17, 15) is 8.42 Å². The van der Waals surface area contributed by atoms with E-state index in [1.54, 1.807) is 36.4 Å². The standard InChI is InChI=1S/C19H22N4O3S/c1-14-2-5-16(6-3-14)27(24,25)22-15-4-7-17-18(12-15)21-19(20-17)13-23-8-10-26-11-9-23/h2-7,12,22H,8-11,13H2,1H3,(H,20,21). The molecule has 0 bridgehead atoms. The SMILES string of the molecule is Cc1ccc(S(=O)(=O)Nc2ccc3nc(CN4CCOCC4)[nH]c3c2)cc1. The minimum absolute atomic E-state index is 0.241. The number of aryl methyl sites for hydroxylation is 1. The molecule has 27 heavy (non-hydrogen) atoms. The maximum atomic E-state index is 12.6. The van der Waals surface area contributed by atoms with E-state index in [2.05, 4.69) is 19.6 Å². The van der Waals surface area contributed by atoms with Crippen molar-refractivity contribution in [2.24, 2.45) is 0 Å². The zero-order chi connectivity index (χ0) is 18.9. The van der Waals surface area contributed by atoms with E-state index >= 15 is 0 Å². The molecule has 142 valence electrons. The summed E-state index contributed by atoms with van der Waals surface area (Å²) in [6.07, 6.45) is 0. The van der Waals surface area contributed by atoms with Gasteiger partial charge >= 0.3 is 0 Å². The number of nitrogens with zero attached hydrogens (tertiary/aromatic N) is 2. The van der Waals surface area contributed by atoms with Crippen LogP contribution in [0.15, 0.2) is 47.4 Å². The zero-order valence-corrected chi connectivity index (χ0v) is 15.9. The van der Waals surface area contributed by atoms with Crippen molar-refractivity contribution in [2.75, 3.05) is 31.0 Å². The number of hydrogen-bond donors (Lipinski definition) is 2. The number of imidazole rings is 1. The molecule has 0 radical (unpaired) electrons. The van der Waals surface area contributed by atoms with Crippen molar-refractivity contribution in [1.82, 2.24) is 14.9 Å². The third kappa shape index (κ3) is 4.13. The Morgan fingerprint density at radius 3 is 2.63 bits per heavy atom. The normalized spacial score (nSPS) is 15.9. The summed E-state index contributed by atoms with van der Waals surface area (Å²) in [6.45, 7) is 5.90. The first-order valence-electron chi connectivity index (χ1n) is 8.88. The summed E-state index contributed by atoms with van der Waals surface area (Å²) in [7, 11) is -3.62. The molecular formula is C19H22N4O3S. The molecule has 0 saturated carbocycles. The molecule has 1 fully saturated rings. The summed E-state index contributed by atoms with van der Waals surface area (Å²) in [5.74, 6) is 0.866. The molecule has 2 N–H and O–H groups in total. The van der Waals surface area contributed by atoms with Crippen LogP contribution in [0.25, 0.3) is 11.0 Å². The number of nitrogens with one attached hydrogen (secondary N) is 2. The van der Waals surface area contributed by atoms with Crippen LogP contribution in [-0.2, 0) is 21.3 Å². The van der Waals surface area contributed by atoms with Crippen LogP contribution in [0.5, 0.6) is 0 Å². The van der Waals surface area contributed by atoms with Crippen molar-refractivity contribution in [3.63, 3.8) is 0 Å². The van der Waals surface area contributed by atoms with Gasteiger partial charge in [0.15, 0.2) is 0 Å². The molecule has 4 rings (SSSR count). The quantitative estimate of drug-likeness (QED) is 0.704. The van der Waals surface area contributed by atoms with Crippen LogP contribution in [0, 0.1) is 6.92 Å². The number of benzene rings is 2. The Balaban J connectivity index is 1.53. The first-order chi connectivity index (χ1) is 13.0. The van der Waals surface area contributed by atoms with Gasteiger partial charge in [0.05, 0.1) is 41.4 Å². The monoisotopic (exact) mass is 386 g/mol. The highest BCUT2D eigenvalue weighted by molar-refractivity contribution is 7.92. The Labute approximate surface area is 158 Å². The van der Waals surface area contributed by atoms with E-state index in [4.69, 9.17) is 4.74 Å². The number of sulfonamides is 1. The van der Waals surface area contributed by atoms with Gasteiger partial charge in [-0.1, -0.05) is 17.7 Å². The van der Waals surface area contributed by atoms with Gasteiger partial charge in [0.1, 0.15) is 5.82 Å². The summed E-state index contributed by atoms with van der Waals surface area (Å²) in [5.41, 5.74) is 3.14. The minimum atomic E-state index is -3.62. The van der Waals surface area contributed by atoms with Crippen LogP contribution in [0.4, 0.5) is 5.69 Å². The van der Waals surface area contributed by atoms with Gasteiger partial charge in [-0.05, 0) is 37.3 Å². The van der Waals surface area contributed by atoms with E-state index in [1.165, 1.54) is 0 Å². The molecule has 1 aliphatic heterocycles. The maximum absolute atomic E-state index is 12.6. The summed E-state index contributed by atoms with van der Waals surface area (Å²) >= 11 is 0. The number of fused-ring (bicyclic) bond motifs is 1. The van der Waals surface area contributed by atoms with Crippen molar-refractivity contribution in [3.8, 4) is 0 Å². The molecule has 1 saturated heterocycles. The third-order valence-corrected chi connectivity index (χ3v) is 5.99. The first kappa shape index (κ1) is 18.0. The Morgan fingerprint density at radius 1 is 1.15 bits per heavy atom. The van der Waals surface area contributed by atoms with Gasteiger partial charge in [-0.2, -0.15) is 0 Å². The highest BCUT2D eigenvalue weighted by Gasteiger charge is 2.16. The number of aromatic amines is 1. The van der Waals surface area contributed by atoms with Crippen LogP contribution in [0.3, 0.4) is 0 Å². The van der Waals surface area contributed by atoms with Gasteiger partial charge in [0.2, 0.25) is 0 Å². The lowest BCUT2D eigenvalue weighted by Gasteiger charge is -2.25. The Kier molecular flexibility index (Phi) is 4.86. The maximum Gasteiger partial charge on any atom is 0.261 e. The van der Waals surface area contributed by atoms with Gasteiger partial charge in [-0.3, -0.25) is 9.62 Å². The summed E-state index contributed by atoms with van der Waals surface area (Å²) in [5, 5.41) is 0. The number of hydrogen-bond acceptors (Lipinski definition) is 5. The van der Waals surface area contributed by atoms with Crippen LogP contribution >= 0.6 is 0 Å². The number of rotatable bonds is 5. The molecule has 0 atom stereocenters. The van der Waals surface area contributed by atoms with Crippen molar-refractivity contribution < 1.29 is 13.2 Å². The van der Waals surface area contributed by atoms with Gasteiger partial charge in [-0.15, -0.1) is 0 Å². The highest BCUT2D eigenvalue weighted by atomic mass is 32.2. The Hall–Kier alpha value is -2.42. The fourth-order valence-electron chi connectivity index (χ4n) is 3.10. The third-order valence-electron chi connectivity index (χ3n) is 4.59. The van der Waals surface area contributed by atoms with Crippen LogP contribution in [-0.4, -0.2) is 49.6 Å². The molecule has 8 heteroatoms. The summed E-state index contributed by atoms with van der Waals surface area (Å²) < 4.78 is 33.1. The van der Waals surface area contributed by atoms with E-state index in [1.807, 2.05) is 13.0 Å². The molecule has 2 aromatic carbocycles. The van der Waals surface area contributed by atoms with E-state index in [-0.39, 0.29) is 4.90 Å². The second kappa shape index (κ2) is 7.30. The van der Waals surface area contributed by atoms with Gasteiger partial charge in [0.25, 0.3) is 10.0 Å². The van der Waals surface area contributed by atoms with Crippen LogP contribution in [0.1, 0.15) is 11.4 Å². The van der Waals surface area contributed by atoms with Gasteiger partial charge in [-0.25, -0.2) is 13.4 Å². The predicted octanol–water partition coefficient (Wildman–Crippen LogP) is 2.50. The smallest absolute Gasteiger partial charge is 0.261 e. The summed E-state index contributed by atoms with van der Waals surface area (Å²) in [6, 6.07) is 12.1. The summed E-state index contributed by atoms with van der Waals surface area (Å²) in [4.78, 5) is 10.4. The van der Waals surface area contributed by atoms with Crippen molar-refractivity contribution >= 4 is 26.7 Å². The molecule has 3 aromatic rings. The molecule has 0 amide bonds. The number of aromatic nitrogens is 2. The number of morpholine rings is 1. The van der Waals surface area contributed by atoms with Crippen molar-refractivity contribution in [2.45, 2.75) is 18.4 Å². The Morgan fingerprint density at radius 2 is 1.89 bits per heavy atom. The van der Waals surface area contributed by atoms with E-state index < -0.39 is 10.0 Å². The molecule has 7 nitrogen and oxygen atoms in total. The molecule has 0 unspecified atom stereocenters. The van der Waals surface area contributed by atoms with E-state index in [0.29, 0.717) is 5.69 Å². The lowest BCUT2D eigenvalue weighted by Crippen LogP contribution is -2.35. The second-order valence-corrected chi connectivity index (χ2v) is 8.40. The second-order valence-electron chi connectivity index (χ2n) is 6.72. The number of anilines is 1. The average Bonchev–Trinajstić information content (AvgIpc) is 3.04. The lowest BCUT2D eigenvalue weighted by atomic mass is 10.2. The molecule has 2 heterocycles. The fourth-order valence-corrected chi connectivity index (χ4v) is 4.15. The van der Waals surface area contributed by atoms with Crippen molar-refractivity contribution in [3.05, 3.63) is 53.9 Å². The van der Waals surface area contributed by atoms with Gasteiger partial charge in [0, 0.05) is 13.1 Å². The first-order valence-corrected chi connectivity index (χ1v) is 10.4. The number of ether oxygens (including phenoxy) is 1. The topological polar surface area (TPSA) is 87.3 Å². The van der Waals surface area contributed by atoms with Crippen molar-refractivity contribution in [1.29, 1.82) is 0 Å².